The summed E-state index contributed by atoms with van der Waals surface area (Å²) in [5.41, 5.74) is 0.399. The minimum atomic E-state index is 0.399. The molecule has 1 unspecified atom stereocenters. The van der Waals surface area contributed by atoms with E-state index in [0.717, 1.165) is 0 Å². The van der Waals surface area contributed by atoms with Crippen LogP contribution in [0.1, 0.15) is 84.0 Å². The summed E-state index contributed by atoms with van der Waals surface area (Å²) in [5, 5.41) is 3.67. The van der Waals surface area contributed by atoms with Crippen LogP contribution in [0.15, 0.2) is 0 Å². The van der Waals surface area contributed by atoms with E-state index in [0.29, 0.717) is 11.6 Å². The van der Waals surface area contributed by atoms with Crippen molar-refractivity contribution in [1.29, 1.82) is 0 Å². The van der Waals surface area contributed by atoms with Crippen molar-refractivity contribution < 1.29 is 0 Å². The maximum absolute atomic E-state index is 3.67. The van der Waals surface area contributed by atoms with Gasteiger partial charge in [-0.3, -0.25) is 0 Å². The molecule has 0 aromatic heterocycles. The van der Waals surface area contributed by atoms with Crippen molar-refractivity contribution in [2.75, 3.05) is 21.1 Å². The van der Waals surface area contributed by atoms with E-state index in [2.05, 4.69) is 38.3 Å². The predicted molar refractivity (Wildman–Crippen MR) is 90.3 cm³/mol. The Morgan fingerprint density at radius 2 is 1.55 bits per heavy atom. The van der Waals surface area contributed by atoms with E-state index in [9.17, 15) is 0 Å². The number of likely N-dealkylation sites (N-methyl/N-ethyl adjacent to an activating group) is 2. The van der Waals surface area contributed by atoms with E-state index >= 15 is 0 Å². The highest BCUT2D eigenvalue weighted by Crippen LogP contribution is 2.35. The maximum atomic E-state index is 3.67. The smallest absolute Gasteiger partial charge is 0.0356 e. The number of hydrogen-bond acceptors (Lipinski definition) is 2. The summed E-state index contributed by atoms with van der Waals surface area (Å²) in [6, 6.07) is 0.664. The van der Waals surface area contributed by atoms with E-state index in [1.165, 1.54) is 77.0 Å². The molecule has 0 aromatic carbocycles. The van der Waals surface area contributed by atoms with Crippen LogP contribution in [0.3, 0.4) is 0 Å². The van der Waals surface area contributed by atoms with Crippen LogP contribution in [-0.2, 0) is 0 Å². The number of rotatable bonds is 9. The van der Waals surface area contributed by atoms with Gasteiger partial charge in [-0.25, -0.2) is 0 Å². The highest BCUT2D eigenvalue weighted by molar-refractivity contribution is 4.99. The molecule has 0 spiro atoms. The van der Waals surface area contributed by atoms with Crippen LogP contribution in [0.5, 0.6) is 0 Å². The standard InChI is InChI=1S/C18H38N2/c1-5-6-7-8-11-14-17(19-2)18(20(3)4)15-12-9-10-13-16-18/h17,19H,5-16H2,1-4H3. The largest absolute Gasteiger partial charge is 0.315 e. The van der Waals surface area contributed by atoms with Gasteiger partial charge in [-0.2, -0.15) is 0 Å². The van der Waals surface area contributed by atoms with Gasteiger partial charge in [-0.05, 0) is 40.4 Å². The fourth-order valence-corrected chi connectivity index (χ4v) is 4.08. The van der Waals surface area contributed by atoms with Crippen molar-refractivity contribution in [3.63, 3.8) is 0 Å². The van der Waals surface area contributed by atoms with Crippen molar-refractivity contribution in [3.8, 4) is 0 Å². The molecule has 0 amide bonds. The Hall–Kier alpha value is -0.0800. The molecule has 2 heteroatoms. The second kappa shape index (κ2) is 9.78. The molecule has 0 aliphatic heterocycles. The van der Waals surface area contributed by atoms with Crippen molar-refractivity contribution >= 4 is 0 Å². The van der Waals surface area contributed by atoms with Crippen molar-refractivity contribution in [2.45, 2.75) is 95.6 Å². The lowest BCUT2D eigenvalue weighted by molar-refractivity contribution is 0.0784. The van der Waals surface area contributed by atoms with Gasteiger partial charge in [0, 0.05) is 11.6 Å². The first-order chi connectivity index (χ1) is 9.67. The quantitative estimate of drug-likeness (QED) is 0.491. The first-order valence-corrected chi connectivity index (χ1v) is 9.02. The zero-order chi connectivity index (χ0) is 14.8. The summed E-state index contributed by atoms with van der Waals surface area (Å²) in [6.45, 7) is 2.29. The molecule has 0 radical (unpaired) electrons. The Bertz CT molecular complexity index is 230. The number of nitrogens with one attached hydrogen (secondary N) is 1. The van der Waals surface area contributed by atoms with Gasteiger partial charge in [-0.1, -0.05) is 64.7 Å². The van der Waals surface area contributed by atoms with Crippen LogP contribution in [0.4, 0.5) is 0 Å². The van der Waals surface area contributed by atoms with Gasteiger partial charge in [0.2, 0.25) is 0 Å². The minimum Gasteiger partial charge on any atom is -0.315 e. The Labute approximate surface area is 127 Å². The molecule has 1 rings (SSSR count). The van der Waals surface area contributed by atoms with E-state index < -0.39 is 0 Å². The van der Waals surface area contributed by atoms with E-state index in [1.807, 2.05) is 0 Å². The third-order valence-corrected chi connectivity index (χ3v) is 5.45. The van der Waals surface area contributed by atoms with E-state index in [4.69, 9.17) is 0 Å². The monoisotopic (exact) mass is 282 g/mol. The zero-order valence-electron chi connectivity index (χ0n) is 14.5. The lowest BCUT2D eigenvalue weighted by Gasteiger charge is -2.46. The molecule has 120 valence electrons. The third kappa shape index (κ3) is 5.04. The van der Waals surface area contributed by atoms with Crippen LogP contribution in [0.25, 0.3) is 0 Å². The summed E-state index contributed by atoms with van der Waals surface area (Å²) in [6.07, 6.45) is 16.8. The van der Waals surface area contributed by atoms with E-state index in [-0.39, 0.29) is 0 Å². The molecular weight excluding hydrogens is 244 g/mol. The Balaban J connectivity index is 2.56. The van der Waals surface area contributed by atoms with Crippen molar-refractivity contribution in [1.82, 2.24) is 10.2 Å². The molecule has 1 N–H and O–H groups in total. The summed E-state index contributed by atoms with van der Waals surface area (Å²) < 4.78 is 0. The Morgan fingerprint density at radius 3 is 2.05 bits per heavy atom. The second-order valence-corrected chi connectivity index (χ2v) is 6.96. The van der Waals surface area contributed by atoms with Gasteiger partial charge in [0.25, 0.3) is 0 Å². The lowest BCUT2D eigenvalue weighted by atomic mass is 9.79. The summed E-state index contributed by atoms with van der Waals surface area (Å²) in [7, 11) is 6.77. The summed E-state index contributed by atoms with van der Waals surface area (Å²) in [5.74, 6) is 0. The number of hydrogen-bond donors (Lipinski definition) is 1. The first kappa shape index (κ1) is 18.0. The minimum absolute atomic E-state index is 0.399. The van der Waals surface area contributed by atoms with Crippen LogP contribution < -0.4 is 5.32 Å². The van der Waals surface area contributed by atoms with Gasteiger partial charge >= 0.3 is 0 Å². The zero-order valence-corrected chi connectivity index (χ0v) is 14.5. The molecule has 1 atom stereocenters. The van der Waals surface area contributed by atoms with Gasteiger partial charge in [0.15, 0.2) is 0 Å². The van der Waals surface area contributed by atoms with Crippen LogP contribution in [-0.4, -0.2) is 37.6 Å². The summed E-state index contributed by atoms with van der Waals surface area (Å²) in [4.78, 5) is 2.53. The van der Waals surface area contributed by atoms with Crippen molar-refractivity contribution in [2.24, 2.45) is 0 Å². The van der Waals surface area contributed by atoms with Crippen LogP contribution >= 0.6 is 0 Å². The van der Waals surface area contributed by atoms with Crippen LogP contribution in [0.2, 0.25) is 0 Å². The Morgan fingerprint density at radius 1 is 0.950 bits per heavy atom. The average Bonchev–Trinajstić information content (AvgIpc) is 2.69. The molecule has 1 aliphatic rings. The molecule has 1 aliphatic carbocycles. The Kier molecular flexibility index (Phi) is 8.79. The molecule has 2 nitrogen and oxygen atoms in total. The van der Waals surface area contributed by atoms with Crippen molar-refractivity contribution in [3.05, 3.63) is 0 Å². The molecule has 0 aromatic rings. The first-order valence-electron chi connectivity index (χ1n) is 9.02. The number of unbranched alkanes of at least 4 members (excludes halogenated alkanes) is 4. The molecule has 0 bridgehead atoms. The maximum Gasteiger partial charge on any atom is 0.0356 e. The van der Waals surface area contributed by atoms with E-state index in [1.54, 1.807) is 0 Å². The SMILES string of the molecule is CCCCCCCC(NC)C1(N(C)C)CCCCCC1. The molecule has 1 fully saturated rings. The van der Waals surface area contributed by atoms with Gasteiger partial charge in [0.1, 0.15) is 0 Å². The summed E-state index contributed by atoms with van der Waals surface area (Å²) >= 11 is 0. The number of nitrogens with zero attached hydrogens (tertiary/aromatic N) is 1. The highest BCUT2D eigenvalue weighted by Gasteiger charge is 2.39. The molecule has 1 saturated carbocycles. The average molecular weight is 283 g/mol. The fourth-order valence-electron chi connectivity index (χ4n) is 4.08. The molecule has 20 heavy (non-hydrogen) atoms. The normalized spacial score (nSPS) is 20.9. The molecular formula is C18H38N2. The van der Waals surface area contributed by atoms with Gasteiger partial charge in [0.05, 0.1) is 0 Å². The highest BCUT2D eigenvalue weighted by atomic mass is 15.2. The third-order valence-electron chi connectivity index (χ3n) is 5.45. The molecule has 0 heterocycles. The molecule has 0 saturated heterocycles. The second-order valence-electron chi connectivity index (χ2n) is 6.96. The van der Waals surface area contributed by atoms with Gasteiger partial charge in [-0.15, -0.1) is 0 Å². The fraction of sp³-hybridized carbons (Fsp3) is 1.00. The lowest BCUT2D eigenvalue weighted by Crippen LogP contribution is -2.58. The van der Waals surface area contributed by atoms with Crippen LogP contribution in [0, 0.1) is 0 Å². The predicted octanol–water partition coefficient (Wildman–Crippen LogP) is 4.59. The topological polar surface area (TPSA) is 15.3 Å². The van der Waals surface area contributed by atoms with Gasteiger partial charge < -0.3 is 10.2 Å².